The maximum absolute atomic E-state index is 12.1. The normalized spacial score (nSPS) is 21.1. The van der Waals surface area contributed by atoms with Crippen LogP contribution in [0.5, 0.6) is 5.75 Å². The molecule has 1 amide bonds. The second-order valence-corrected chi connectivity index (χ2v) is 10.00. The van der Waals surface area contributed by atoms with Crippen molar-refractivity contribution in [3.63, 3.8) is 0 Å². The van der Waals surface area contributed by atoms with E-state index >= 15 is 0 Å². The molecule has 1 aromatic carbocycles. The fourth-order valence-corrected chi connectivity index (χ4v) is 5.13. The van der Waals surface area contributed by atoms with Crippen molar-refractivity contribution in [3.05, 3.63) is 84.6 Å². The zero-order chi connectivity index (χ0) is 27.6. The molecule has 4 heterocycles. The number of aromatic nitrogens is 3. The Bertz CT molecular complexity index is 1650. The Labute approximate surface area is 233 Å². The molecule has 3 aliphatic rings. The number of anilines is 2. The van der Waals surface area contributed by atoms with E-state index in [2.05, 4.69) is 55.7 Å². The van der Waals surface area contributed by atoms with Gasteiger partial charge in [0.1, 0.15) is 29.0 Å². The largest absolute Gasteiger partial charge is 0.457 e. The van der Waals surface area contributed by atoms with Crippen molar-refractivity contribution in [2.75, 3.05) is 18.9 Å². The third kappa shape index (κ3) is 5.04. The van der Waals surface area contributed by atoms with Crippen LogP contribution in [0.25, 0.3) is 11.0 Å². The molecule has 40 heavy (non-hydrogen) atoms. The first kappa shape index (κ1) is 25.3. The van der Waals surface area contributed by atoms with Crippen LogP contribution < -0.4 is 10.1 Å². The molecular formula is C31H29N7O2. The summed E-state index contributed by atoms with van der Waals surface area (Å²) < 4.78 is 6.19. The van der Waals surface area contributed by atoms with Crippen LogP contribution in [0.4, 0.5) is 11.5 Å². The number of likely N-dealkylation sites (tertiary alicyclic amines) is 1. The van der Waals surface area contributed by atoms with Gasteiger partial charge in [0, 0.05) is 19.3 Å². The van der Waals surface area contributed by atoms with Crippen LogP contribution in [0.1, 0.15) is 24.1 Å². The van der Waals surface area contributed by atoms with Gasteiger partial charge in [-0.15, -0.1) is 0 Å². The van der Waals surface area contributed by atoms with Crippen molar-refractivity contribution in [2.24, 2.45) is 4.99 Å². The van der Waals surface area contributed by atoms with Crippen LogP contribution >= 0.6 is 0 Å². The van der Waals surface area contributed by atoms with Gasteiger partial charge in [-0.2, -0.15) is 0 Å². The van der Waals surface area contributed by atoms with Gasteiger partial charge in [-0.05, 0) is 79.8 Å². The average Bonchev–Trinajstić information content (AvgIpc) is 3.59. The van der Waals surface area contributed by atoms with E-state index in [1.165, 1.54) is 12.4 Å². The minimum atomic E-state index is -0.134. The number of carbonyl (C=O) groups excluding carboxylic acids is 1. The lowest BCUT2D eigenvalue weighted by Crippen LogP contribution is -2.33. The molecule has 0 saturated carbocycles. The number of allylic oxidation sites excluding steroid dienone is 1. The Morgan fingerprint density at radius 2 is 2.15 bits per heavy atom. The number of aryl methyl sites for hydroxylation is 1. The Balaban J connectivity index is 1.20. The van der Waals surface area contributed by atoms with Gasteiger partial charge in [0.15, 0.2) is 5.82 Å². The SMILES string of the molecule is C=CC(=O)N1CCC[C@@H]1C#Cc1ccc2ncnc(Nc3ccc(OC4=CC5N=CN(C)C5C=C4)c(C)c3)c2n1. The molecule has 2 aliphatic heterocycles. The highest BCUT2D eigenvalue weighted by Gasteiger charge is 2.28. The maximum Gasteiger partial charge on any atom is 0.246 e. The number of ether oxygens (including phenoxy) is 1. The smallest absolute Gasteiger partial charge is 0.246 e. The van der Waals surface area contributed by atoms with Gasteiger partial charge >= 0.3 is 0 Å². The number of carbonyl (C=O) groups is 1. The molecule has 1 fully saturated rings. The molecular weight excluding hydrogens is 502 g/mol. The lowest BCUT2D eigenvalue weighted by atomic mass is 10.0. The van der Waals surface area contributed by atoms with Crippen LogP contribution in [-0.4, -0.2) is 68.7 Å². The number of benzene rings is 1. The summed E-state index contributed by atoms with van der Waals surface area (Å²) in [6.45, 7) is 6.30. The Kier molecular flexibility index (Phi) is 6.74. The highest BCUT2D eigenvalue weighted by molar-refractivity contribution is 5.88. The summed E-state index contributed by atoms with van der Waals surface area (Å²) in [5.74, 6) is 8.39. The van der Waals surface area contributed by atoms with E-state index < -0.39 is 0 Å². The molecule has 9 nitrogen and oxygen atoms in total. The fraction of sp³-hybridized carbons (Fsp3) is 0.258. The second kappa shape index (κ2) is 10.7. The Morgan fingerprint density at radius 1 is 1.25 bits per heavy atom. The molecule has 1 N–H and O–H groups in total. The molecule has 0 bridgehead atoms. The predicted octanol–water partition coefficient (Wildman–Crippen LogP) is 4.15. The van der Waals surface area contributed by atoms with E-state index in [9.17, 15) is 4.79 Å². The summed E-state index contributed by atoms with van der Waals surface area (Å²) in [5.41, 5.74) is 3.74. The van der Waals surface area contributed by atoms with Crippen LogP contribution in [0, 0.1) is 18.8 Å². The van der Waals surface area contributed by atoms with Gasteiger partial charge in [0.05, 0.1) is 30.0 Å². The van der Waals surface area contributed by atoms with Crippen LogP contribution in [-0.2, 0) is 4.79 Å². The third-order valence-electron chi connectivity index (χ3n) is 7.26. The number of hydrogen-bond acceptors (Lipinski definition) is 8. The van der Waals surface area contributed by atoms with Crippen LogP contribution in [0.15, 0.2) is 78.3 Å². The number of aliphatic imine (C=N–C) groups is 1. The van der Waals surface area contributed by atoms with E-state index in [0.29, 0.717) is 29.1 Å². The summed E-state index contributed by atoms with van der Waals surface area (Å²) in [5, 5.41) is 3.37. The predicted molar refractivity (Wildman–Crippen MR) is 155 cm³/mol. The third-order valence-corrected chi connectivity index (χ3v) is 7.26. The van der Waals surface area contributed by atoms with Gasteiger partial charge in [-0.3, -0.25) is 9.79 Å². The van der Waals surface area contributed by atoms with E-state index in [1.807, 2.05) is 56.7 Å². The number of rotatable bonds is 5. The fourth-order valence-electron chi connectivity index (χ4n) is 5.13. The van der Waals surface area contributed by atoms with Gasteiger partial charge in [-0.25, -0.2) is 15.0 Å². The Hall–Kier alpha value is -4.97. The molecule has 1 aliphatic carbocycles. The number of likely N-dealkylation sites (N-methyl/N-ethyl adjacent to an activating group) is 1. The number of amides is 1. The van der Waals surface area contributed by atoms with E-state index in [-0.39, 0.29) is 24.0 Å². The molecule has 3 aromatic rings. The molecule has 0 spiro atoms. The molecule has 200 valence electrons. The van der Waals surface area contributed by atoms with Gasteiger partial charge in [0.2, 0.25) is 5.91 Å². The summed E-state index contributed by atoms with van der Waals surface area (Å²) in [6.07, 6.45) is 12.7. The standard InChI is InChI=1S/C31H29N7O2/c1-4-29(39)38-15-5-6-23(38)10-7-21-8-12-25-30(35-21)31(33-18-32-25)36-22-9-14-28(20(2)16-22)40-24-11-13-27-26(17-24)34-19-37(27)3/h4,8-9,11-14,16-19,23,26-27H,1,5-6,15H2,2-3H3,(H,32,33,36)/t23-,26?,27?/m1/s1. The van der Waals surface area contributed by atoms with Crippen molar-refractivity contribution in [1.82, 2.24) is 24.8 Å². The van der Waals surface area contributed by atoms with Crippen molar-refractivity contribution in [1.29, 1.82) is 0 Å². The number of fused-ring (bicyclic) bond motifs is 2. The molecule has 3 atom stereocenters. The molecule has 0 radical (unpaired) electrons. The van der Waals surface area contributed by atoms with Gasteiger partial charge < -0.3 is 19.9 Å². The lowest BCUT2D eigenvalue weighted by Gasteiger charge is -2.23. The first-order chi connectivity index (χ1) is 19.5. The summed E-state index contributed by atoms with van der Waals surface area (Å²) in [4.78, 5) is 34.0. The topological polar surface area (TPSA) is 95.8 Å². The monoisotopic (exact) mass is 531 g/mol. The van der Waals surface area contributed by atoms with Crippen molar-refractivity contribution in [3.8, 4) is 17.6 Å². The Morgan fingerprint density at radius 3 is 3.00 bits per heavy atom. The lowest BCUT2D eigenvalue weighted by molar-refractivity contribution is -0.125. The number of nitrogens with zero attached hydrogens (tertiary/aromatic N) is 6. The second-order valence-electron chi connectivity index (χ2n) is 10.00. The van der Waals surface area contributed by atoms with E-state index in [4.69, 9.17) is 9.72 Å². The highest BCUT2D eigenvalue weighted by atomic mass is 16.5. The van der Waals surface area contributed by atoms with Crippen LogP contribution in [0.2, 0.25) is 0 Å². The molecule has 1 saturated heterocycles. The first-order valence-corrected chi connectivity index (χ1v) is 13.3. The summed E-state index contributed by atoms with van der Waals surface area (Å²) in [6, 6.07) is 9.80. The minimum Gasteiger partial charge on any atom is -0.457 e. The molecule has 9 heteroatoms. The number of nitrogens with one attached hydrogen (secondary N) is 1. The maximum atomic E-state index is 12.1. The summed E-state index contributed by atoms with van der Waals surface area (Å²) >= 11 is 0. The van der Waals surface area contributed by atoms with E-state index in [0.717, 1.165) is 35.6 Å². The molecule has 2 unspecified atom stereocenters. The van der Waals surface area contributed by atoms with Gasteiger partial charge in [0.25, 0.3) is 0 Å². The molecule has 2 aromatic heterocycles. The van der Waals surface area contributed by atoms with Crippen molar-refractivity contribution in [2.45, 2.75) is 37.9 Å². The quantitative estimate of drug-likeness (QED) is 0.390. The minimum absolute atomic E-state index is 0.0751. The van der Waals surface area contributed by atoms with Gasteiger partial charge in [-0.1, -0.05) is 18.6 Å². The number of pyridine rings is 1. The first-order valence-electron chi connectivity index (χ1n) is 13.3. The van der Waals surface area contributed by atoms with Crippen molar-refractivity contribution < 1.29 is 9.53 Å². The van der Waals surface area contributed by atoms with Crippen molar-refractivity contribution >= 4 is 34.8 Å². The molecule has 6 rings (SSSR count). The zero-order valence-corrected chi connectivity index (χ0v) is 22.4. The average molecular weight is 532 g/mol. The zero-order valence-electron chi connectivity index (χ0n) is 22.4. The number of hydrogen-bond donors (Lipinski definition) is 1. The summed E-state index contributed by atoms with van der Waals surface area (Å²) in [7, 11) is 2.02. The van der Waals surface area contributed by atoms with E-state index in [1.54, 1.807) is 4.90 Å². The highest BCUT2D eigenvalue weighted by Crippen LogP contribution is 2.29. The van der Waals surface area contributed by atoms with Crippen LogP contribution in [0.3, 0.4) is 0 Å².